The molecule has 1 aliphatic rings. The Morgan fingerprint density at radius 1 is 1.44 bits per heavy atom. The van der Waals surface area contributed by atoms with Gasteiger partial charge in [-0.25, -0.2) is 0 Å². The fourth-order valence-corrected chi connectivity index (χ4v) is 1.97. The maximum Gasteiger partial charge on any atom is 0.216 e. The van der Waals surface area contributed by atoms with Crippen LogP contribution in [0, 0.1) is 0 Å². The van der Waals surface area contributed by atoms with Gasteiger partial charge in [0.25, 0.3) is 0 Å². The highest BCUT2D eigenvalue weighted by atomic mass is 16.3. The summed E-state index contributed by atoms with van der Waals surface area (Å²) in [6.45, 7) is 6.65. The van der Waals surface area contributed by atoms with Crippen molar-refractivity contribution in [2.45, 2.75) is 45.6 Å². The van der Waals surface area contributed by atoms with Gasteiger partial charge < -0.3 is 15.5 Å². The zero-order chi connectivity index (χ0) is 13.8. The summed E-state index contributed by atoms with van der Waals surface area (Å²) in [5.74, 6) is 0.0680. The van der Waals surface area contributed by atoms with Crippen molar-refractivity contribution in [3.63, 3.8) is 0 Å². The minimum Gasteiger partial charge on any atom is -0.395 e. The molecule has 1 heterocycles. The number of β-amino-alcohol motifs (C(OH)–C–C–N with tert-alkyl or cyclic N) is 1. The molecule has 108 valence electrons. The molecular weight excluding hydrogens is 232 g/mol. The highest BCUT2D eigenvalue weighted by molar-refractivity contribution is 5.72. The Labute approximate surface area is 110 Å². The summed E-state index contributed by atoms with van der Waals surface area (Å²) in [5, 5.41) is 20.2. The molecule has 1 atom stereocenters. The van der Waals surface area contributed by atoms with Crippen molar-refractivity contribution in [2.75, 3.05) is 32.8 Å². The van der Waals surface area contributed by atoms with Crippen LogP contribution in [0.2, 0.25) is 0 Å². The van der Waals surface area contributed by atoms with Crippen molar-refractivity contribution in [1.29, 1.82) is 0 Å². The molecule has 3 N–H and O–H groups in total. The maximum absolute atomic E-state index is 10.2. The van der Waals surface area contributed by atoms with E-state index >= 15 is 0 Å². The van der Waals surface area contributed by atoms with E-state index in [1.165, 1.54) is 6.92 Å². The van der Waals surface area contributed by atoms with Gasteiger partial charge in [0.1, 0.15) is 0 Å². The van der Waals surface area contributed by atoms with E-state index in [2.05, 4.69) is 17.1 Å². The first kappa shape index (κ1) is 17.4. The predicted octanol–water partition coefficient (Wildman–Crippen LogP) is 0.358. The molecule has 0 bridgehead atoms. The number of aliphatic hydroxyl groups excluding tert-OH is 2. The normalized spacial score (nSPS) is 19.2. The molecule has 0 aromatic heterocycles. The number of carbonyl (C=O) groups is 1. The minimum absolute atomic E-state index is 0.0680. The van der Waals surface area contributed by atoms with Gasteiger partial charge in [-0.3, -0.25) is 9.69 Å². The number of nitrogens with one attached hydrogen (secondary N) is 1. The Morgan fingerprint density at radius 2 is 2.17 bits per heavy atom. The van der Waals surface area contributed by atoms with Crippen molar-refractivity contribution in [2.24, 2.45) is 0 Å². The van der Waals surface area contributed by atoms with Crippen LogP contribution in [-0.2, 0) is 4.79 Å². The fourth-order valence-electron chi connectivity index (χ4n) is 1.97. The van der Waals surface area contributed by atoms with Gasteiger partial charge >= 0.3 is 0 Å². The van der Waals surface area contributed by atoms with Crippen molar-refractivity contribution in [3.8, 4) is 0 Å². The number of carbonyl (C=O) groups excluding carboxylic acids is 1. The van der Waals surface area contributed by atoms with Crippen LogP contribution in [-0.4, -0.2) is 59.9 Å². The average Bonchev–Trinajstić information content (AvgIpc) is 2.78. The third-order valence-electron chi connectivity index (χ3n) is 3.00. The third-order valence-corrected chi connectivity index (χ3v) is 3.00. The van der Waals surface area contributed by atoms with E-state index in [-0.39, 0.29) is 19.1 Å². The van der Waals surface area contributed by atoms with Crippen LogP contribution in [0.1, 0.15) is 39.5 Å². The van der Waals surface area contributed by atoms with Crippen LogP contribution in [0.5, 0.6) is 0 Å². The Kier molecular flexibility index (Phi) is 11.0. The largest absolute Gasteiger partial charge is 0.395 e. The number of likely N-dealkylation sites (tertiary alicyclic amines) is 1. The first-order valence-corrected chi connectivity index (χ1v) is 6.85. The number of amides is 1. The first-order valence-electron chi connectivity index (χ1n) is 6.85. The van der Waals surface area contributed by atoms with Gasteiger partial charge in [0.2, 0.25) is 5.91 Å². The second-order valence-corrected chi connectivity index (χ2v) is 4.57. The van der Waals surface area contributed by atoms with Gasteiger partial charge in [0, 0.05) is 26.1 Å². The molecule has 1 fully saturated rings. The van der Waals surface area contributed by atoms with Crippen LogP contribution >= 0.6 is 0 Å². The molecule has 18 heavy (non-hydrogen) atoms. The lowest BCUT2D eigenvalue weighted by molar-refractivity contribution is -0.118. The Hall–Kier alpha value is -0.650. The molecule has 0 aliphatic carbocycles. The zero-order valence-electron chi connectivity index (χ0n) is 11.7. The van der Waals surface area contributed by atoms with E-state index in [1.807, 2.05) is 0 Å². The second-order valence-electron chi connectivity index (χ2n) is 4.57. The molecule has 0 spiro atoms. The van der Waals surface area contributed by atoms with Gasteiger partial charge in [-0.15, -0.1) is 0 Å². The number of hydrogen-bond donors (Lipinski definition) is 3. The standard InChI is InChI=1S/C7H15NO2.C6H13NO/c9-5-4-8-3-1-2-7(8)6-10;1-3-4-5-7-6(2)8/h7,9-10H,1-6H2;3-5H2,1-2H3,(H,7,8). The van der Waals surface area contributed by atoms with Crippen LogP contribution in [0.15, 0.2) is 0 Å². The molecular formula is C13H28N2O3. The summed E-state index contributed by atoms with van der Waals surface area (Å²) in [4.78, 5) is 12.3. The van der Waals surface area contributed by atoms with Crippen LogP contribution in [0.25, 0.3) is 0 Å². The monoisotopic (exact) mass is 260 g/mol. The molecule has 1 aliphatic heterocycles. The molecule has 0 saturated carbocycles. The maximum atomic E-state index is 10.2. The van der Waals surface area contributed by atoms with Crippen molar-refractivity contribution in [1.82, 2.24) is 10.2 Å². The Balaban J connectivity index is 0.000000331. The molecule has 1 saturated heterocycles. The number of aliphatic hydroxyl groups is 2. The summed E-state index contributed by atoms with van der Waals surface area (Å²) in [6, 6.07) is 0.312. The molecule has 5 nitrogen and oxygen atoms in total. The molecule has 1 rings (SSSR count). The Bertz CT molecular complexity index is 212. The van der Waals surface area contributed by atoms with Crippen LogP contribution < -0.4 is 5.32 Å². The van der Waals surface area contributed by atoms with Crippen molar-refractivity contribution < 1.29 is 15.0 Å². The van der Waals surface area contributed by atoms with Crippen LogP contribution in [0.4, 0.5) is 0 Å². The minimum atomic E-state index is 0.0680. The lowest BCUT2D eigenvalue weighted by atomic mass is 10.2. The average molecular weight is 260 g/mol. The van der Waals surface area contributed by atoms with Gasteiger partial charge in [-0.2, -0.15) is 0 Å². The quantitative estimate of drug-likeness (QED) is 0.603. The summed E-state index contributed by atoms with van der Waals surface area (Å²) in [7, 11) is 0. The van der Waals surface area contributed by atoms with Crippen LogP contribution in [0.3, 0.4) is 0 Å². The number of unbranched alkanes of at least 4 members (excludes halogenated alkanes) is 1. The van der Waals surface area contributed by atoms with Gasteiger partial charge in [-0.1, -0.05) is 13.3 Å². The molecule has 0 radical (unpaired) electrons. The summed E-state index contributed by atoms with van der Waals surface area (Å²) in [5.41, 5.74) is 0. The van der Waals surface area contributed by atoms with E-state index in [4.69, 9.17) is 10.2 Å². The topological polar surface area (TPSA) is 72.8 Å². The first-order chi connectivity index (χ1) is 8.65. The van der Waals surface area contributed by atoms with Crippen molar-refractivity contribution in [3.05, 3.63) is 0 Å². The SMILES string of the molecule is CCCCNC(C)=O.OCCN1CCCC1CO. The molecule has 1 amide bonds. The van der Waals surface area contributed by atoms with E-state index in [0.717, 1.165) is 38.8 Å². The van der Waals surface area contributed by atoms with E-state index < -0.39 is 0 Å². The predicted molar refractivity (Wildman–Crippen MR) is 72.4 cm³/mol. The molecule has 0 aromatic carbocycles. The van der Waals surface area contributed by atoms with Gasteiger partial charge in [0.15, 0.2) is 0 Å². The highest BCUT2D eigenvalue weighted by Gasteiger charge is 2.22. The molecule has 1 unspecified atom stereocenters. The second kappa shape index (κ2) is 11.4. The zero-order valence-corrected chi connectivity index (χ0v) is 11.7. The third kappa shape index (κ3) is 8.44. The number of nitrogens with zero attached hydrogens (tertiary/aromatic N) is 1. The van der Waals surface area contributed by atoms with Crippen molar-refractivity contribution >= 4 is 5.91 Å². The van der Waals surface area contributed by atoms with E-state index in [0.29, 0.717) is 12.6 Å². The number of hydrogen-bond acceptors (Lipinski definition) is 4. The summed E-state index contributed by atoms with van der Waals surface area (Å²) in [6.07, 6.45) is 4.46. The molecule has 5 heteroatoms. The van der Waals surface area contributed by atoms with Gasteiger partial charge in [-0.05, 0) is 25.8 Å². The fraction of sp³-hybridized carbons (Fsp3) is 0.923. The summed E-state index contributed by atoms with van der Waals surface area (Å²) >= 11 is 0. The molecule has 0 aromatic rings. The smallest absolute Gasteiger partial charge is 0.216 e. The van der Waals surface area contributed by atoms with Gasteiger partial charge in [0.05, 0.1) is 13.2 Å². The number of rotatable bonds is 6. The summed E-state index contributed by atoms with van der Waals surface area (Å²) < 4.78 is 0. The lowest BCUT2D eigenvalue weighted by Crippen LogP contribution is -2.34. The van der Waals surface area contributed by atoms with E-state index in [9.17, 15) is 4.79 Å². The highest BCUT2D eigenvalue weighted by Crippen LogP contribution is 2.15. The lowest BCUT2D eigenvalue weighted by Gasteiger charge is -2.20. The van der Waals surface area contributed by atoms with E-state index in [1.54, 1.807) is 0 Å². The Morgan fingerprint density at radius 3 is 2.67 bits per heavy atom.